The van der Waals surface area contributed by atoms with Gasteiger partial charge >= 0.3 is 0 Å². The predicted molar refractivity (Wildman–Crippen MR) is 192 cm³/mol. The number of rotatable bonds is 13. The second kappa shape index (κ2) is 14.1. The summed E-state index contributed by atoms with van der Waals surface area (Å²) in [6, 6.07) is 24.6. The molecule has 2 atom stereocenters. The number of carbonyl (C=O) groups is 2. The zero-order valence-corrected chi connectivity index (χ0v) is 29.7. The highest BCUT2D eigenvalue weighted by Crippen LogP contribution is 2.60. The lowest BCUT2D eigenvalue weighted by Gasteiger charge is -2.57. The van der Waals surface area contributed by atoms with Gasteiger partial charge in [-0.3, -0.25) is 13.9 Å². The van der Waals surface area contributed by atoms with Crippen LogP contribution in [0.25, 0.3) is 0 Å². The lowest BCUT2D eigenvalue weighted by molar-refractivity contribution is -0.140. The Morgan fingerprint density at radius 1 is 0.875 bits per heavy atom. The maximum absolute atomic E-state index is 14.5. The smallest absolute Gasteiger partial charge is 0.244 e. The number of carbonyl (C=O) groups excluding carboxylic acids is 2. The van der Waals surface area contributed by atoms with Gasteiger partial charge in [0, 0.05) is 19.0 Å². The number of hydrogen-bond acceptors (Lipinski definition) is 4. The van der Waals surface area contributed by atoms with Crippen LogP contribution in [0.3, 0.4) is 0 Å². The van der Waals surface area contributed by atoms with E-state index in [-0.39, 0.29) is 23.9 Å². The third kappa shape index (κ3) is 7.64. The zero-order valence-electron chi connectivity index (χ0n) is 28.9. The summed E-state index contributed by atoms with van der Waals surface area (Å²) in [6.07, 6.45) is 9.96. The Balaban J connectivity index is 1.31. The van der Waals surface area contributed by atoms with Crippen LogP contribution in [0, 0.1) is 24.7 Å². The summed E-state index contributed by atoms with van der Waals surface area (Å²) in [4.78, 5) is 30.0. The molecule has 4 bridgehead atoms. The molecule has 48 heavy (non-hydrogen) atoms. The first kappa shape index (κ1) is 34.2. The molecule has 256 valence electrons. The van der Waals surface area contributed by atoms with Crippen LogP contribution in [0.2, 0.25) is 0 Å². The Bertz CT molecular complexity index is 1670. The number of hydrogen-bond donors (Lipinski definition) is 1. The van der Waals surface area contributed by atoms with Crippen LogP contribution in [-0.4, -0.2) is 50.0 Å². The van der Waals surface area contributed by atoms with Gasteiger partial charge in [0.2, 0.25) is 21.8 Å². The standard InChI is InChI=1S/C40H51N3O4S/c1-5-29(3)41-39(45)37(22-30-11-7-6-8-12-30)42(26-31-13-9-10-28(2)18-31)38(44)27-43(48(4,46)47)36-16-14-35(15-17-36)40-23-32-19-33(24-40)21-34(20-32)25-40/h6-18,29,32-34,37H,5,19-27H2,1-4H3,(H,41,45). The van der Waals surface area contributed by atoms with Crippen molar-refractivity contribution < 1.29 is 18.0 Å². The number of nitrogens with zero attached hydrogens (tertiary/aromatic N) is 2. The highest BCUT2D eigenvalue weighted by molar-refractivity contribution is 7.92. The summed E-state index contributed by atoms with van der Waals surface area (Å²) in [5.74, 6) is 1.75. The molecule has 0 radical (unpaired) electrons. The van der Waals surface area contributed by atoms with Gasteiger partial charge in [0.15, 0.2) is 0 Å². The Morgan fingerprint density at radius 2 is 1.48 bits per heavy atom. The molecule has 0 aromatic heterocycles. The molecule has 8 heteroatoms. The number of sulfonamides is 1. The Morgan fingerprint density at radius 3 is 2.04 bits per heavy atom. The van der Waals surface area contributed by atoms with Crippen molar-refractivity contribution in [2.45, 2.75) is 96.2 Å². The summed E-state index contributed by atoms with van der Waals surface area (Å²) in [5.41, 5.74) is 4.81. The first-order chi connectivity index (χ1) is 22.9. The topological polar surface area (TPSA) is 86.8 Å². The fraction of sp³-hybridized carbons (Fsp3) is 0.500. The predicted octanol–water partition coefficient (Wildman–Crippen LogP) is 6.78. The van der Waals surface area contributed by atoms with Crippen molar-refractivity contribution >= 4 is 27.5 Å². The minimum absolute atomic E-state index is 0.0771. The Kier molecular flexibility index (Phi) is 10.0. The van der Waals surface area contributed by atoms with E-state index in [2.05, 4.69) is 17.4 Å². The molecule has 4 fully saturated rings. The van der Waals surface area contributed by atoms with Crippen molar-refractivity contribution in [2.24, 2.45) is 17.8 Å². The number of benzene rings is 3. The van der Waals surface area contributed by atoms with E-state index < -0.39 is 28.5 Å². The lowest BCUT2D eigenvalue weighted by atomic mass is 9.48. The van der Waals surface area contributed by atoms with Gasteiger partial charge in [-0.05, 0) is 111 Å². The Labute approximate surface area is 287 Å². The van der Waals surface area contributed by atoms with Crippen LogP contribution in [-0.2, 0) is 38.0 Å². The number of nitrogens with one attached hydrogen (secondary N) is 1. The number of anilines is 1. The van der Waals surface area contributed by atoms with Gasteiger partial charge in [0.25, 0.3) is 0 Å². The van der Waals surface area contributed by atoms with Crippen molar-refractivity contribution in [2.75, 3.05) is 17.1 Å². The van der Waals surface area contributed by atoms with Crippen LogP contribution in [0.1, 0.15) is 81.0 Å². The molecule has 2 unspecified atom stereocenters. The van der Waals surface area contributed by atoms with Gasteiger partial charge in [0.1, 0.15) is 12.6 Å². The summed E-state index contributed by atoms with van der Waals surface area (Å²) in [5, 5.41) is 3.09. The van der Waals surface area contributed by atoms with Crippen LogP contribution >= 0.6 is 0 Å². The maximum atomic E-state index is 14.5. The molecular formula is C40H51N3O4S. The SMILES string of the molecule is CCC(C)NC(=O)C(Cc1ccccc1)N(Cc1cccc(C)c1)C(=O)CN(c1ccc(C23CC4CC(CC(C4)C2)C3)cc1)S(C)(=O)=O. The highest BCUT2D eigenvalue weighted by Gasteiger charge is 2.51. The van der Waals surface area contributed by atoms with Gasteiger partial charge in [-0.1, -0.05) is 79.2 Å². The molecule has 4 aliphatic rings. The van der Waals surface area contributed by atoms with Crippen molar-refractivity contribution in [3.8, 4) is 0 Å². The molecule has 7 rings (SSSR count). The van der Waals surface area contributed by atoms with E-state index in [1.165, 1.54) is 48.4 Å². The fourth-order valence-corrected chi connectivity index (χ4v) is 9.91. The van der Waals surface area contributed by atoms with E-state index in [1.807, 2.05) is 87.5 Å². The summed E-state index contributed by atoms with van der Waals surface area (Å²) in [7, 11) is -3.83. The Hall–Kier alpha value is -3.65. The summed E-state index contributed by atoms with van der Waals surface area (Å²) >= 11 is 0. The molecule has 3 aromatic carbocycles. The van der Waals surface area contributed by atoms with Crippen molar-refractivity contribution in [1.82, 2.24) is 10.2 Å². The molecule has 0 aliphatic heterocycles. The zero-order chi connectivity index (χ0) is 34.1. The largest absolute Gasteiger partial charge is 0.352 e. The fourth-order valence-electron chi connectivity index (χ4n) is 9.06. The quantitative estimate of drug-likeness (QED) is 0.217. The van der Waals surface area contributed by atoms with E-state index in [9.17, 15) is 18.0 Å². The van der Waals surface area contributed by atoms with Gasteiger partial charge in [-0.2, -0.15) is 0 Å². The van der Waals surface area contributed by atoms with E-state index in [1.54, 1.807) is 4.90 Å². The van der Waals surface area contributed by atoms with Crippen LogP contribution in [0.5, 0.6) is 0 Å². The molecule has 2 amide bonds. The van der Waals surface area contributed by atoms with Crippen molar-refractivity contribution in [1.29, 1.82) is 0 Å². The second-order valence-electron chi connectivity index (χ2n) is 15.0. The van der Waals surface area contributed by atoms with E-state index in [0.29, 0.717) is 12.1 Å². The van der Waals surface area contributed by atoms with Crippen LogP contribution < -0.4 is 9.62 Å². The van der Waals surface area contributed by atoms with E-state index in [0.717, 1.165) is 47.1 Å². The molecular weight excluding hydrogens is 619 g/mol. The van der Waals surface area contributed by atoms with E-state index in [4.69, 9.17) is 0 Å². The molecule has 4 saturated carbocycles. The van der Waals surface area contributed by atoms with Crippen molar-refractivity contribution in [3.05, 3.63) is 101 Å². The highest BCUT2D eigenvalue weighted by atomic mass is 32.2. The van der Waals surface area contributed by atoms with Gasteiger partial charge < -0.3 is 10.2 Å². The average Bonchev–Trinajstić information content (AvgIpc) is 3.04. The minimum Gasteiger partial charge on any atom is -0.352 e. The van der Waals surface area contributed by atoms with E-state index >= 15 is 0 Å². The monoisotopic (exact) mass is 669 g/mol. The third-order valence-corrected chi connectivity index (χ3v) is 12.3. The maximum Gasteiger partial charge on any atom is 0.244 e. The first-order valence-electron chi connectivity index (χ1n) is 17.7. The molecule has 4 aliphatic carbocycles. The molecule has 1 N–H and O–H groups in total. The molecule has 0 spiro atoms. The lowest BCUT2D eigenvalue weighted by Crippen LogP contribution is -2.54. The van der Waals surface area contributed by atoms with Gasteiger partial charge in [-0.25, -0.2) is 8.42 Å². The number of amides is 2. The molecule has 0 heterocycles. The van der Waals surface area contributed by atoms with Crippen LogP contribution in [0.4, 0.5) is 5.69 Å². The van der Waals surface area contributed by atoms with Gasteiger partial charge in [-0.15, -0.1) is 0 Å². The average molecular weight is 670 g/mol. The minimum atomic E-state index is -3.83. The molecule has 0 saturated heterocycles. The third-order valence-electron chi connectivity index (χ3n) is 11.2. The second-order valence-corrected chi connectivity index (χ2v) is 17.0. The van der Waals surface area contributed by atoms with Gasteiger partial charge in [0.05, 0.1) is 11.9 Å². The molecule has 3 aromatic rings. The summed E-state index contributed by atoms with van der Waals surface area (Å²) in [6.45, 7) is 5.72. The normalized spacial score (nSPS) is 24.1. The summed E-state index contributed by atoms with van der Waals surface area (Å²) < 4.78 is 27.9. The first-order valence-corrected chi connectivity index (χ1v) is 19.5. The molecule has 7 nitrogen and oxygen atoms in total. The van der Waals surface area contributed by atoms with Crippen LogP contribution in [0.15, 0.2) is 78.9 Å². The number of aryl methyl sites for hydroxylation is 1. The van der Waals surface area contributed by atoms with Crippen molar-refractivity contribution in [3.63, 3.8) is 0 Å².